The van der Waals surface area contributed by atoms with E-state index in [-0.39, 0.29) is 23.5 Å². The van der Waals surface area contributed by atoms with Crippen LogP contribution in [-0.2, 0) is 23.0 Å². The van der Waals surface area contributed by atoms with Gasteiger partial charge in [0.05, 0.1) is 17.1 Å². The number of nitrogens with zero attached hydrogens (tertiary/aromatic N) is 2. The summed E-state index contributed by atoms with van der Waals surface area (Å²) < 4.78 is 27.0. The second-order valence-corrected chi connectivity index (χ2v) is 9.64. The third-order valence-electron chi connectivity index (χ3n) is 3.79. The maximum absolute atomic E-state index is 12.8. The smallest absolute Gasteiger partial charge is 0.321 e. The molecule has 0 bridgehead atoms. The molecule has 0 saturated heterocycles. The Morgan fingerprint density at radius 1 is 1.31 bits per heavy atom. The van der Waals surface area contributed by atoms with E-state index in [1.54, 1.807) is 12.1 Å². The zero-order valence-corrected chi connectivity index (χ0v) is 16.7. The van der Waals surface area contributed by atoms with Gasteiger partial charge in [0.2, 0.25) is 10.0 Å². The molecule has 0 radical (unpaired) electrons. The van der Waals surface area contributed by atoms with Crippen molar-refractivity contribution >= 4 is 44.1 Å². The average molecular weight is 415 g/mol. The number of anilines is 1. The minimum Gasteiger partial charge on any atom is -0.336 e. The van der Waals surface area contributed by atoms with Crippen LogP contribution in [0.1, 0.15) is 24.4 Å². The highest BCUT2D eigenvalue weighted by Gasteiger charge is 2.30. The standard InChI is InChI=1S/C16H19ClN4O3S2/c1-10(2)18-15(22)20-16-19-13-7-8-21(9-14(13)25-16)26(23,24)12-5-3-11(17)4-6-12/h3-6,10H,7-9H2,1-2H3,(H2,18,19,20,22). The van der Waals surface area contributed by atoms with Gasteiger partial charge in [-0.15, -0.1) is 0 Å². The predicted octanol–water partition coefficient (Wildman–Crippen LogP) is 3.07. The van der Waals surface area contributed by atoms with Crippen molar-refractivity contribution in [3.8, 4) is 0 Å². The Bertz CT molecular complexity index is 910. The highest BCUT2D eigenvalue weighted by molar-refractivity contribution is 7.89. The average Bonchev–Trinajstić information content (AvgIpc) is 2.95. The molecule has 0 atom stereocenters. The van der Waals surface area contributed by atoms with Gasteiger partial charge in [-0.3, -0.25) is 5.32 Å². The fraction of sp³-hybridized carbons (Fsp3) is 0.375. The lowest BCUT2D eigenvalue weighted by molar-refractivity contribution is 0.250. The van der Waals surface area contributed by atoms with Crippen LogP contribution in [0.25, 0.3) is 0 Å². The third-order valence-corrected chi connectivity index (χ3v) is 6.90. The summed E-state index contributed by atoms with van der Waals surface area (Å²) in [7, 11) is -3.60. The van der Waals surface area contributed by atoms with E-state index in [2.05, 4.69) is 15.6 Å². The van der Waals surface area contributed by atoms with Gasteiger partial charge in [-0.25, -0.2) is 18.2 Å². The third kappa shape index (κ3) is 4.17. The van der Waals surface area contributed by atoms with Crippen molar-refractivity contribution in [1.29, 1.82) is 0 Å². The van der Waals surface area contributed by atoms with Gasteiger partial charge in [0, 0.05) is 28.9 Å². The van der Waals surface area contributed by atoms with Gasteiger partial charge >= 0.3 is 6.03 Å². The Hall–Kier alpha value is -1.68. The molecule has 2 aromatic rings. The molecule has 1 aromatic heterocycles. The van der Waals surface area contributed by atoms with Crippen molar-refractivity contribution in [2.24, 2.45) is 0 Å². The van der Waals surface area contributed by atoms with E-state index in [1.807, 2.05) is 13.8 Å². The number of carbonyl (C=O) groups is 1. The van der Waals surface area contributed by atoms with E-state index in [4.69, 9.17) is 11.6 Å². The molecule has 1 aromatic carbocycles. The number of fused-ring (bicyclic) bond motifs is 1. The zero-order valence-electron chi connectivity index (χ0n) is 14.3. The molecule has 0 unspecified atom stereocenters. The van der Waals surface area contributed by atoms with Gasteiger partial charge in [0.15, 0.2) is 5.13 Å². The number of benzene rings is 1. The van der Waals surface area contributed by atoms with Crippen LogP contribution < -0.4 is 10.6 Å². The van der Waals surface area contributed by atoms with Crippen LogP contribution in [0.4, 0.5) is 9.93 Å². The Morgan fingerprint density at radius 3 is 2.65 bits per heavy atom. The number of hydrogen-bond acceptors (Lipinski definition) is 5. The first-order chi connectivity index (χ1) is 12.3. The molecule has 140 valence electrons. The lowest BCUT2D eigenvalue weighted by Gasteiger charge is -2.25. The van der Waals surface area contributed by atoms with Gasteiger partial charge < -0.3 is 5.32 Å². The molecule has 1 aliphatic heterocycles. The van der Waals surface area contributed by atoms with E-state index in [0.29, 0.717) is 23.1 Å². The SMILES string of the molecule is CC(C)NC(=O)Nc1nc2c(s1)CN(S(=O)(=O)c1ccc(Cl)cc1)CC2. The van der Waals surface area contributed by atoms with Gasteiger partial charge in [-0.05, 0) is 38.1 Å². The topological polar surface area (TPSA) is 91.4 Å². The lowest BCUT2D eigenvalue weighted by Crippen LogP contribution is -2.35. The maximum Gasteiger partial charge on any atom is 0.321 e. The van der Waals surface area contributed by atoms with Crippen LogP contribution in [0.15, 0.2) is 29.2 Å². The van der Waals surface area contributed by atoms with Gasteiger partial charge in [-0.2, -0.15) is 4.31 Å². The van der Waals surface area contributed by atoms with Crippen molar-refractivity contribution < 1.29 is 13.2 Å². The zero-order chi connectivity index (χ0) is 18.9. The number of sulfonamides is 1. The molecule has 10 heteroatoms. The lowest BCUT2D eigenvalue weighted by atomic mass is 10.2. The van der Waals surface area contributed by atoms with Crippen LogP contribution in [0.2, 0.25) is 5.02 Å². The number of aromatic nitrogens is 1. The quantitative estimate of drug-likeness (QED) is 0.804. The van der Waals surface area contributed by atoms with Crippen molar-refractivity contribution in [2.75, 3.05) is 11.9 Å². The molecule has 2 heterocycles. The maximum atomic E-state index is 12.8. The molecule has 0 saturated carbocycles. The fourth-order valence-corrected chi connectivity index (χ4v) is 5.22. The number of carbonyl (C=O) groups excluding carboxylic acids is 1. The minimum absolute atomic E-state index is 0.0181. The predicted molar refractivity (Wildman–Crippen MR) is 102 cm³/mol. The molecular formula is C16H19ClN4O3S2. The van der Waals surface area contributed by atoms with E-state index in [9.17, 15) is 13.2 Å². The number of amides is 2. The molecule has 2 N–H and O–H groups in total. The molecule has 2 amide bonds. The van der Waals surface area contributed by atoms with Crippen molar-refractivity contribution in [2.45, 2.75) is 37.8 Å². The first-order valence-electron chi connectivity index (χ1n) is 8.07. The van der Waals surface area contributed by atoms with Gasteiger partial charge in [0.25, 0.3) is 0 Å². The Kier molecular flexibility index (Phi) is 5.52. The summed E-state index contributed by atoms with van der Waals surface area (Å²) in [5.41, 5.74) is 0.831. The Labute approximate surface area is 161 Å². The summed E-state index contributed by atoms with van der Waals surface area (Å²) in [5, 5.41) is 6.39. The summed E-state index contributed by atoms with van der Waals surface area (Å²) in [6, 6.07) is 5.82. The number of rotatable bonds is 4. The van der Waals surface area contributed by atoms with Crippen LogP contribution >= 0.6 is 22.9 Å². The molecular weight excluding hydrogens is 396 g/mol. The Balaban J connectivity index is 1.75. The number of halogens is 1. The molecule has 7 nitrogen and oxygen atoms in total. The van der Waals surface area contributed by atoms with E-state index in [1.165, 1.54) is 27.8 Å². The van der Waals surface area contributed by atoms with Crippen molar-refractivity contribution in [3.63, 3.8) is 0 Å². The first-order valence-corrected chi connectivity index (χ1v) is 10.7. The fourth-order valence-electron chi connectivity index (χ4n) is 2.58. The molecule has 0 spiro atoms. The Morgan fingerprint density at radius 2 is 2.00 bits per heavy atom. The number of urea groups is 1. The summed E-state index contributed by atoms with van der Waals surface area (Å²) in [5.74, 6) is 0. The molecule has 0 aliphatic carbocycles. The van der Waals surface area contributed by atoms with Crippen molar-refractivity contribution in [3.05, 3.63) is 39.9 Å². The summed E-state index contributed by atoms with van der Waals surface area (Å²) in [6.07, 6.45) is 0.506. The van der Waals surface area contributed by atoms with Crippen molar-refractivity contribution in [1.82, 2.24) is 14.6 Å². The molecule has 1 aliphatic rings. The monoisotopic (exact) mass is 414 g/mol. The van der Waals surface area contributed by atoms with Crippen LogP contribution in [-0.4, -0.2) is 36.3 Å². The molecule has 0 fully saturated rings. The highest BCUT2D eigenvalue weighted by atomic mass is 35.5. The minimum atomic E-state index is -3.60. The summed E-state index contributed by atoms with van der Waals surface area (Å²) >= 11 is 7.13. The number of thiazole rings is 1. The van der Waals surface area contributed by atoms with Crippen LogP contribution in [0.3, 0.4) is 0 Å². The molecule has 3 rings (SSSR count). The first kappa shape index (κ1) is 19.1. The summed E-state index contributed by atoms with van der Waals surface area (Å²) in [6.45, 7) is 4.32. The van der Waals surface area contributed by atoms with Gasteiger partial charge in [0.1, 0.15) is 0 Å². The van der Waals surface area contributed by atoms with E-state index >= 15 is 0 Å². The van der Waals surface area contributed by atoms with Crippen LogP contribution in [0, 0.1) is 0 Å². The highest BCUT2D eigenvalue weighted by Crippen LogP contribution is 2.31. The second-order valence-electron chi connectivity index (χ2n) is 6.18. The van der Waals surface area contributed by atoms with Crippen LogP contribution in [0.5, 0.6) is 0 Å². The number of nitrogens with one attached hydrogen (secondary N) is 2. The second kappa shape index (κ2) is 7.51. The normalized spacial score (nSPS) is 14.9. The van der Waals surface area contributed by atoms with E-state index < -0.39 is 10.0 Å². The number of hydrogen-bond donors (Lipinski definition) is 2. The largest absolute Gasteiger partial charge is 0.336 e. The summed E-state index contributed by atoms with van der Waals surface area (Å²) in [4.78, 5) is 17.3. The van der Waals surface area contributed by atoms with Gasteiger partial charge in [-0.1, -0.05) is 22.9 Å². The van der Waals surface area contributed by atoms with E-state index in [0.717, 1.165) is 10.6 Å². The molecule has 26 heavy (non-hydrogen) atoms.